The normalized spacial score (nSPS) is 12.0. The molecular formula is C24H23N3O4S. The van der Waals surface area contributed by atoms with Crippen LogP contribution >= 0.6 is 11.8 Å². The van der Waals surface area contributed by atoms with Gasteiger partial charge in [0, 0.05) is 22.8 Å². The monoisotopic (exact) mass is 449 g/mol. The Morgan fingerprint density at radius 1 is 1.16 bits per heavy atom. The minimum Gasteiger partial charge on any atom is -0.481 e. The molecule has 2 aromatic carbocycles. The number of aromatic nitrogens is 2. The number of amides is 1. The third-order valence-corrected chi connectivity index (χ3v) is 5.85. The van der Waals surface area contributed by atoms with E-state index in [1.807, 2.05) is 55.5 Å². The van der Waals surface area contributed by atoms with Crippen LogP contribution in [0.1, 0.15) is 23.9 Å². The van der Waals surface area contributed by atoms with Crippen molar-refractivity contribution in [3.63, 3.8) is 0 Å². The number of thioether (sulfide) groups is 1. The van der Waals surface area contributed by atoms with Gasteiger partial charge in [0.15, 0.2) is 11.8 Å². The molecule has 32 heavy (non-hydrogen) atoms. The van der Waals surface area contributed by atoms with Crippen molar-refractivity contribution in [2.75, 3.05) is 5.32 Å². The van der Waals surface area contributed by atoms with Gasteiger partial charge in [-0.15, -0.1) is 16.3 Å². The number of fused-ring (bicyclic) bond motifs is 1. The standard InChI is InChI=1S/C24H23N3O4S/c1-15-8-10-19(11-9-15)30-17(3)24(29)26-20-6-4-5-7-21(20)32-14-18-13-23(28)27-22(25-18)12-16(2)31-27/h4-13,17H,14H2,1-3H3,(H,26,29)/t17-/m1/s1. The summed E-state index contributed by atoms with van der Waals surface area (Å²) in [6, 6.07) is 18.3. The second kappa shape index (κ2) is 9.32. The number of aryl methyl sites for hydroxylation is 2. The number of anilines is 1. The second-order valence-electron chi connectivity index (χ2n) is 7.43. The highest BCUT2D eigenvalue weighted by Gasteiger charge is 2.17. The molecule has 0 bridgehead atoms. The Kier molecular flexibility index (Phi) is 6.32. The van der Waals surface area contributed by atoms with Crippen molar-refractivity contribution in [3.05, 3.63) is 88.0 Å². The van der Waals surface area contributed by atoms with Crippen LogP contribution < -0.4 is 15.6 Å². The summed E-state index contributed by atoms with van der Waals surface area (Å²) in [7, 11) is 0. The molecule has 0 saturated carbocycles. The minimum absolute atomic E-state index is 0.245. The maximum absolute atomic E-state index is 12.7. The average molecular weight is 450 g/mol. The van der Waals surface area contributed by atoms with Gasteiger partial charge in [-0.1, -0.05) is 29.8 Å². The maximum Gasteiger partial charge on any atom is 0.287 e. The van der Waals surface area contributed by atoms with Crippen molar-refractivity contribution in [3.8, 4) is 5.75 Å². The van der Waals surface area contributed by atoms with Gasteiger partial charge in [-0.25, -0.2) is 4.98 Å². The molecule has 2 heterocycles. The smallest absolute Gasteiger partial charge is 0.287 e. The Bertz CT molecular complexity index is 1310. The number of benzene rings is 2. The van der Waals surface area contributed by atoms with E-state index in [0.717, 1.165) is 10.5 Å². The van der Waals surface area contributed by atoms with Crippen LogP contribution in [0.4, 0.5) is 5.69 Å². The van der Waals surface area contributed by atoms with E-state index in [4.69, 9.17) is 9.26 Å². The summed E-state index contributed by atoms with van der Waals surface area (Å²) >= 11 is 1.49. The molecule has 4 aromatic rings. The summed E-state index contributed by atoms with van der Waals surface area (Å²) in [5.41, 5.74) is 2.66. The van der Waals surface area contributed by atoms with E-state index in [-0.39, 0.29) is 11.5 Å². The summed E-state index contributed by atoms with van der Waals surface area (Å²) in [6.45, 7) is 5.48. The molecule has 8 heteroatoms. The summed E-state index contributed by atoms with van der Waals surface area (Å²) < 4.78 is 12.3. The van der Waals surface area contributed by atoms with Gasteiger partial charge in [0.2, 0.25) is 0 Å². The van der Waals surface area contributed by atoms with Crippen LogP contribution in [0.2, 0.25) is 0 Å². The summed E-state index contributed by atoms with van der Waals surface area (Å²) in [4.78, 5) is 30.3. The van der Waals surface area contributed by atoms with Gasteiger partial charge in [0.25, 0.3) is 11.5 Å². The van der Waals surface area contributed by atoms with Crippen molar-refractivity contribution in [1.82, 2.24) is 9.56 Å². The number of nitrogens with one attached hydrogen (secondary N) is 1. The number of hydrogen-bond donors (Lipinski definition) is 1. The SMILES string of the molecule is Cc1ccc(O[C@H](C)C(=O)Nc2ccccc2SCc2cc(=O)n3oc(C)cc3n2)cc1. The Balaban J connectivity index is 1.44. The first-order valence-corrected chi connectivity index (χ1v) is 11.1. The number of ether oxygens (including phenoxy) is 1. The molecule has 0 unspecified atom stereocenters. The molecular weight excluding hydrogens is 426 g/mol. The molecule has 0 spiro atoms. The zero-order valence-corrected chi connectivity index (χ0v) is 18.8. The molecule has 0 radical (unpaired) electrons. The van der Waals surface area contributed by atoms with Gasteiger partial charge in [-0.2, -0.15) is 0 Å². The zero-order chi connectivity index (χ0) is 22.7. The maximum atomic E-state index is 12.7. The second-order valence-corrected chi connectivity index (χ2v) is 8.45. The fraction of sp³-hybridized carbons (Fsp3) is 0.208. The third kappa shape index (κ3) is 5.03. The summed E-state index contributed by atoms with van der Waals surface area (Å²) in [5, 5.41) is 2.94. The van der Waals surface area contributed by atoms with Gasteiger partial charge in [-0.05, 0) is 45.0 Å². The molecule has 1 amide bonds. The van der Waals surface area contributed by atoms with E-state index in [1.54, 1.807) is 19.9 Å². The Morgan fingerprint density at radius 2 is 1.91 bits per heavy atom. The molecule has 0 saturated heterocycles. The van der Waals surface area contributed by atoms with E-state index in [2.05, 4.69) is 10.3 Å². The number of carbonyl (C=O) groups is 1. The number of para-hydroxylation sites is 1. The molecule has 164 valence electrons. The van der Waals surface area contributed by atoms with Crippen LogP contribution in [0.25, 0.3) is 5.65 Å². The molecule has 1 atom stereocenters. The predicted molar refractivity (Wildman–Crippen MR) is 124 cm³/mol. The first-order chi connectivity index (χ1) is 15.4. The van der Waals surface area contributed by atoms with Crippen LogP contribution in [0.3, 0.4) is 0 Å². The fourth-order valence-corrected chi connectivity index (χ4v) is 4.00. The molecule has 0 fully saturated rings. The van der Waals surface area contributed by atoms with Gasteiger partial charge < -0.3 is 14.6 Å². The summed E-state index contributed by atoms with van der Waals surface area (Å²) in [6.07, 6.45) is -0.663. The van der Waals surface area contributed by atoms with Crippen molar-refractivity contribution in [2.45, 2.75) is 37.5 Å². The van der Waals surface area contributed by atoms with Gasteiger partial charge >= 0.3 is 0 Å². The van der Waals surface area contributed by atoms with E-state index in [1.165, 1.54) is 22.4 Å². The van der Waals surface area contributed by atoms with Gasteiger partial charge in [-0.3, -0.25) is 9.59 Å². The van der Waals surface area contributed by atoms with Crippen LogP contribution in [0.5, 0.6) is 5.75 Å². The number of hydrogen-bond acceptors (Lipinski definition) is 6. The van der Waals surface area contributed by atoms with Crippen molar-refractivity contribution in [2.24, 2.45) is 0 Å². The van der Waals surface area contributed by atoms with Crippen molar-refractivity contribution >= 4 is 29.0 Å². The number of nitrogens with zero attached hydrogens (tertiary/aromatic N) is 2. The molecule has 0 aliphatic heterocycles. The Hall–Kier alpha value is -3.52. The lowest BCUT2D eigenvalue weighted by Crippen LogP contribution is -2.30. The van der Waals surface area contributed by atoms with Gasteiger partial charge in [0.1, 0.15) is 11.5 Å². The topological polar surface area (TPSA) is 85.8 Å². The average Bonchev–Trinajstić information content (AvgIpc) is 3.15. The highest BCUT2D eigenvalue weighted by Crippen LogP contribution is 2.29. The van der Waals surface area contributed by atoms with E-state index < -0.39 is 6.10 Å². The third-order valence-electron chi connectivity index (χ3n) is 4.75. The lowest BCUT2D eigenvalue weighted by atomic mass is 10.2. The van der Waals surface area contributed by atoms with Crippen LogP contribution in [0, 0.1) is 13.8 Å². The van der Waals surface area contributed by atoms with E-state index in [9.17, 15) is 9.59 Å². The summed E-state index contributed by atoms with van der Waals surface area (Å²) in [5.74, 6) is 1.49. The Morgan fingerprint density at radius 3 is 2.69 bits per heavy atom. The van der Waals surface area contributed by atoms with Crippen molar-refractivity contribution in [1.29, 1.82) is 0 Å². The molecule has 1 N–H and O–H groups in total. The lowest BCUT2D eigenvalue weighted by molar-refractivity contribution is -0.122. The fourth-order valence-electron chi connectivity index (χ4n) is 3.10. The van der Waals surface area contributed by atoms with E-state index >= 15 is 0 Å². The first-order valence-electron chi connectivity index (χ1n) is 10.1. The quantitative estimate of drug-likeness (QED) is 0.415. The molecule has 2 aromatic heterocycles. The minimum atomic E-state index is -0.663. The zero-order valence-electron chi connectivity index (χ0n) is 18.0. The Labute approximate surface area is 189 Å². The van der Waals surface area contributed by atoms with Crippen LogP contribution in [0.15, 0.2) is 74.9 Å². The first kappa shape index (κ1) is 21.7. The lowest BCUT2D eigenvalue weighted by Gasteiger charge is -2.16. The molecule has 4 rings (SSSR count). The largest absolute Gasteiger partial charge is 0.481 e. The van der Waals surface area contributed by atoms with Gasteiger partial charge in [0.05, 0.1) is 11.4 Å². The predicted octanol–water partition coefficient (Wildman–Crippen LogP) is 4.60. The molecule has 0 aliphatic carbocycles. The molecule has 0 aliphatic rings. The van der Waals surface area contributed by atoms with Crippen LogP contribution in [-0.4, -0.2) is 21.6 Å². The van der Waals surface area contributed by atoms with Crippen LogP contribution in [-0.2, 0) is 10.5 Å². The molecule has 7 nitrogen and oxygen atoms in total. The van der Waals surface area contributed by atoms with E-state index in [0.29, 0.717) is 34.3 Å². The van der Waals surface area contributed by atoms with Crippen molar-refractivity contribution < 1.29 is 14.1 Å². The number of carbonyl (C=O) groups excluding carboxylic acids is 1. The number of rotatable bonds is 7. The highest BCUT2D eigenvalue weighted by atomic mass is 32.2. The highest BCUT2D eigenvalue weighted by molar-refractivity contribution is 7.98.